The first-order chi connectivity index (χ1) is 15.8. The number of aliphatic carboxylic acids is 1. The van der Waals surface area contributed by atoms with Gasteiger partial charge in [0, 0.05) is 12.0 Å². The van der Waals surface area contributed by atoms with Crippen LogP contribution in [0.5, 0.6) is 0 Å². The Hall–Kier alpha value is -3.35. The standard InChI is InChI=1S/C26H30N2O5/c1-3-26(2,24(30)31)28-23(29)20-13-8-14-22(20)27-25(32)33-15-21-18-11-6-4-9-16(18)17-10-5-7-12-19(17)21/h4-7,9-12,20-22H,3,8,13-15H2,1-2H3,(H,27,32)(H,28,29)(H,30,31). The first-order valence-electron chi connectivity index (χ1n) is 11.5. The monoisotopic (exact) mass is 450 g/mol. The molecule has 1 fully saturated rings. The van der Waals surface area contributed by atoms with Crippen LogP contribution >= 0.6 is 0 Å². The summed E-state index contributed by atoms with van der Waals surface area (Å²) in [5.41, 5.74) is 3.27. The number of rotatable bonds is 7. The highest BCUT2D eigenvalue weighted by molar-refractivity contribution is 5.88. The number of carbonyl (C=O) groups is 3. The number of hydrogen-bond donors (Lipinski definition) is 3. The number of carboxylic acid groups (broad SMARTS) is 1. The molecule has 0 spiro atoms. The first kappa shape index (κ1) is 22.8. The fourth-order valence-corrected chi connectivity index (χ4v) is 4.90. The maximum atomic E-state index is 12.8. The van der Waals surface area contributed by atoms with E-state index in [4.69, 9.17) is 4.74 Å². The summed E-state index contributed by atoms with van der Waals surface area (Å²) in [7, 11) is 0. The van der Waals surface area contributed by atoms with Gasteiger partial charge in [-0.1, -0.05) is 61.9 Å². The summed E-state index contributed by atoms with van der Waals surface area (Å²) in [4.78, 5) is 37.0. The van der Waals surface area contributed by atoms with Crippen LogP contribution in [0.4, 0.5) is 4.79 Å². The van der Waals surface area contributed by atoms with Crippen molar-refractivity contribution in [2.45, 2.75) is 57.0 Å². The summed E-state index contributed by atoms with van der Waals surface area (Å²) in [6.45, 7) is 3.42. The van der Waals surface area contributed by atoms with Crippen molar-refractivity contribution in [1.29, 1.82) is 0 Å². The van der Waals surface area contributed by atoms with Crippen LogP contribution in [-0.2, 0) is 14.3 Å². The van der Waals surface area contributed by atoms with Crippen LogP contribution in [0.3, 0.4) is 0 Å². The maximum Gasteiger partial charge on any atom is 0.407 e. The van der Waals surface area contributed by atoms with Crippen LogP contribution in [0.25, 0.3) is 11.1 Å². The van der Waals surface area contributed by atoms with E-state index in [9.17, 15) is 19.5 Å². The van der Waals surface area contributed by atoms with Crippen molar-refractivity contribution in [3.63, 3.8) is 0 Å². The number of benzene rings is 2. The molecule has 4 rings (SSSR count). The highest BCUT2D eigenvalue weighted by Gasteiger charge is 2.40. The van der Waals surface area contributed by atoms with Crippen molar-refractivity contribution in [3.05, 3.63) is 59.7 Å². The van der Waals surface area contributed by atoms with Gasteiger partial charge < -0.3 is 20.5 Å². The SMILES string of the molecule is CCC(C)(NC(=O)C1CCCC1NC(=O)OCC1c2ccccc2-c2ccccc21)C(=O)O. The molecule has 2 aliphatic rings. The molecule has 2 aromatic carbocycles. The Labute approximate surface area is 193 Å². The molecular formula is C26H30N2O5. The predicted octanol–water partition coefficient (Wildman–Crippen LogP) is 4.06. The van der Waals surface area contributed by atoms with Gasteiger partial charge in [0.15, 0.2) is 0 Å². The van der Waals surface area contributed by atoms with Crippen molar-refractivity contribution in [2.24, 2.45) is 5.92 Å². The van der Waals surface area contributed by atoms with Gasteiger partial charge in [0.2, 0.25) is 5.91 Å². The molecule has 7 nitrogen and oxygen atoms in total. The van der Waals surface area contributed by atoms with E-state index in [-0.39, 0.29) is 30.9 Å². The lowest BCUT2D eigenvalue weighted by Crippen LogP contribution is -2.55. The second-order valence-electron chi connectivity index (χ2n) is 9.09. The molecule has 0 bridgehead atoms. The van der Waals surface area contributed by atoms with Crippen molar-refractivity contribution in [1.82, 2.24) is 10.6 Å². The molecule has 1 saturated carbocycles. The molecule has 3 unspecified atom stereocenters. The van der Waals surface area contributed by atoms with E-state index >= 15 is 0 Å². The molecule has 7 heteroatoms. The summed E-state index contributed by atoms with van der Waals surface area (Å²) < 4.78 is 5.61. The minimum atomic E-state index is -1.33. The number of hydrogen-bond acceptors (Lipinski definition) is 4. The van der Waals surface area contributed by atoms with E-state index < -0.39 is 23.5 Å². The molecule has 2 aliphatic carbocycles. The Bertz CT molecular complexity index is 1020. The zero-order chi connectivity index (χ0) is 23.6. The molecule has 3 N–H and O–H groups in total. The van der Waals surface area contributed by atoms with Crippen molar-refractivity contribution < 1.29 is 24.2 Å². The number of carbonyl (C=O) groups excluding carboxylic acids is 2. The Morgan fingerprint density at radius 2 is 1.64 bits per heavy atom. The van der Waals surface area contributed by atoms with Crippen molar-refractivity contribution >= 4 is 18.0 Å². The zero-order valence-corrected chi connectivity index (χ0v) is 19.0. The van der Waals surface area contributed by atoms with Gasteiger partial charge in [0.05, 0.1) is 5.92 Å². The number of ether oxygens (including phenoxy) is 1. The Morgan fingerprint density at radius 1 is 1.03 bits per heavy atom. The fraction of sp³-hybridized carbons (Fsp3) is 0.423. The molecule has 33 heavy (non-hydrogen) atoms. The molecule has 2 amide bonds. The third-order valence-electron chi connectivity index (χ3n) is 7.08. The zero-order valence-electron chi connectivity index (χ0n) is 19.0. The molecule has 174 valence electrons. The van der Waals surface area contributed by atoms with Gasteiger partial charge in [-0.25, -0.2) is 9.59 Å². The van der Waals surface area contributed by atoms with E-state index in [1.807, 2.05) is 24.3 Å². The third-order valence-corrected chi connectivity index (χ3v) is 7.08. The summed E-state index contributed by atoms with van der Waals surface area (Å²) in [6, 6.07) is 15.9. The van der Waals surface area contributed by atoms with Gasteiger partial charge in [-0.2, -0.15) is 0 Å². The lowest BCUT2D eigenvalue weighted by Gasteiger charge is -2.28. The largest absolute Gasteiger partial charge is 0.480 e. The van der Waals surface area contributed by atoms with E-state index in [2.05, 4.69) is 34.9 Å². The topological polar surface area (TPSA) is 105 Å². The van der Waals surface area contributed by atoms with E-state index in [0.29, 0.717) is 12.8 Å². The molecule has 0 aliphatic heterocycles. The number of alkyl carbamates (subject to hydrolysis) is 1. The lowest BCUT2D eigenvalue weighted by atomic mass is 9.95. The summed E-state index contributed by atoms with van der Waals surface area (Å²) >= 11 is 0. The van der Waals surface area contributed by atoms with Crippen LogP contribution in [-0.4, -0.2) is 41.3 Å². The maximum absolute atomic E-state index is 12.8. The molecule has 0 radical (unpaired) electrons. The average Bonchev–Trinajstić information content (AvgIpc) is 3.40. The second kappa shape index (κ2) is 9.25. The van der Waals surface area contributed by atoms with Crippen LogP contribution in [0.15, 0.2) is 48.5 Å². The third kappa shape index (κ3) is 4.45. The van der Waals surface area contributed by atoms with Crippen molar-refractivity contribution in [2.75, 3.05) is 6.61 Å². The molecule has 0 saturated heterocycles. The highest BCUT2D eigenvalue weighted by Crippen LogP contribution is 2.44. The van der Waals surface area contributed by atoms with Gasteiger partial charge in [0.1, 0.15) is 12.1 Å². The fourth-order valence-electron chi connectivity index (χ4n) is 4.90. The molecule has 2 aromatic rings. The second-order valence-corrected chi connectivity index (χ2v) is 9.09. The number of amides is 2. The van der Waals surface area contributed by atoms with E-state index in [1.54, 1.807) is 6.92 Å². The first-order valence-corrected chi connectivity index (χ1v) is 11.5. The van der Waals surface area contributed by atoms with Crippen LogP contribution in [0.2, 0.25) is 0 Å². The number of fused-ring (bicyclic) bond motifs is 3. The minimum Gasteiger partial charge on any atom is -0.480 e. The normalized spacial score (nSPS) is 20.9. The van der Waals surface area contributed by atoms with Crippen LogP contribution in [0.1, 0.15) is 56.6 Å². The number of nitrogens with one attached hydrogen (secondary N) is 2. The minimum absolute atomic E-state index is 0.0355. The smallest absolute Gasteiger partial charge is 0.407 e. The average molecular weight is 451 g/mol. The Kier molecular flexibility index (Phi) is 6.40. The van der Waals surface area contributed by atoms with Crippen LogP contribution in [0, 0.1) is 5.92 Å². The predicted molar refractivity (Wildman–Crippen MR) is 124 cm³/mol. The highest BCUT2D eigenvalue weighted by atomic mass is 16.5. The van der Waals surface area contributed by atoms with E-state index in [0.717, 1.165) is 28.7 Å². The molecule has 0 aromatic heterocycles. The molecule has 0 heterocycles. The Balaban J connectivity index is 1.38. The summed E-state index contributed by atoms with van der Waals surface area (Å²) in [5.74, 6) is -1.93. The summed E-state index contributed by atoms with van der Waals surface area (Å²) in [6.07, 6.45) is 1.74. The van der Waals surface area contributed by atoms with E-state index in [1.165, 1.54) is 6.92 Å². The molecule has 3 atom stereocenters. The van der Waals surface area contributed by atoms with Gasteiger partial charge in [-0.05, 0) is 48.4 Å². The van der Waals surface area contributed by atoms with Crippen molar-refractivity contribution in [3.8, 4) is 11.1 Å². The lowest BCUT2D eigenvalue weighted by molar-refractivity contribution is -0.147. The number of carboxylic acids is 1. The Morgan fingerprint density at radius 3 is 2.21 bits per heavy atom. The van der Waals surface area contributed by atoms with Gasteiger partial charge in [-0.3, -0.25) is 4.79 Å². The summed E-state index contributed by atoms with van der Waals surface area (Å²) in [5, 5.41) is 14.9. The van der Waals surface area contributed by atoms with Gasteiger partial charge >= 0.3 is 12.1 Å². The quantitative estimate of drug-likeness (QED) is 0.590. The molecular weight excluding hydrogens is 420 g/mol. The van der Waals surface area contributed by atoms with Gasteiger partial charge in [-0.15, -0.1) is 0 Å². The van der Waals surface area contributed by atoms with Gasteiger partial charge in [0.25, 0.3) is 0 Å². The van der Waals surface area contributed by atoms with Crippen LogP contribution < -0.4 is 10.6 Å².